The van der Waals surface area contributed by atoms with Crippen LogP contribution in [0.5, 0.6) is 5.75 Å². The highest BCUT2D eigenvalue weighted by Gasteiger charge is 2.26. The first-order valence-corrected chi connectivity index (χ1v) is 6.73. The molecule has 1 N–H and O–H groups in total. The van der Waals surface area contributed by atoms with E-state index in [1.165, 1.54) is 12.1 Å². The molecule has 2 aromatic rings. The highest BCUT2D eigenvalue weighted by molar-refractivity contribution is 5.24. The summed E-state index contributed by atoms with van der Waals surface area (Å²) in [5, 5.41) is 10.5. The molecular weight excluding hydrogens is 255 g/mol. The predicted molar refractivity (Wildman–Crippen MR) is 77.1 cm³/mol. The Bertz CT molecular complexity index is 522. The zero-order valence-electron chi connectivity index (χ0n) is 11.7. The number of ether oxygens (including phenoxy) is 1. The highest BCUT2D eigenvalue weighted by Crippen LogP contribution is 2.26. The summed E-state index contributed by atoms with van der Waals surface area (Å²) < 4.78 is 18.7. The van der Waals surface area contributed by atoms with Gasteiger partial charge in [-0.05, 0) is 35.7 Å². The maximum absolute atomic E-state index is 12.9. The van der Waals surface area contributed by atoms with Crippen LogP contribution in [0.25, 0.3) is 0 Å². The Morgan fingerprint density at radius 2 is 1.55 bits per heavy atom. The predicted octanol–water partition coefficient (Wildman–Crippen LogP) is 3.96. The van der Waals surface area contributed by atoms with E-state index in [4.69, 9.17) is 4.74 Å². The summed E-state index contributed by atoms with van der Waals surface area (Å²) in [5.74, 6) is 0.373. The molecule has 0 saturated heterocycles. The quantitative estimate of drug-likeness (QED) is 0.894. The number of rotatable bonds is 5. The van der Waals surface area contributed by atoms with E-state index in [0.29, 0.717) is 5.75 Å². The molecule has 0 saturated carbocycles. The third-order valence-electron chi connectivity index (χ3n) is 3.20. The Balaban J connectivity index is 2.17. The van der Waals surface area contributed by atoms with Crippen LogP contribution in [0, 0.1) is 11.7 Å². The van der Waals surface area contributed by atoms with Gasteiger partial charge in [0.05, 0.1) is 0 Å². The van der Waals surface area contributed by atoms with Gasteiger partial charge in [0.1, 0.15) is 23.8 Å². The Kier molecular flexibility index (Phi) is 4.74. The van der Waals surface area contributed by atoms with Crippen molar-refractivity contribution in [2.75, 3.05) is 0 Å². The minimum atomic E-state index is -0.721. The molecule has 0 fully saturated rings. The second-order valence-electron chi connectivity index (χ2n) is 5.14. The van der Waals surface area contributed by atoms with E-state index in [1.807, 2.05) is 44.2 Å². The zero-order valence-corrected chi connectivity index (χ0v) is 11.7. The molecule has 2 nitrogen and oxygen atoms in total. The third-order valence-corrected chi connectivity index (χ3v) is 3.20. The molecule has 106 valence electrons. The maximum atomic E-state index is 12.9. The molecular formula is C17H19FO2. The standard InChI is InChI=1S/C17H19FO2/c1-12(2)17(16(19)13-6-4-3-5-7-13)20-15-10-8-14(18)9-11-15/h3-12,16-17,19H,1-2H3. The maximum Gasteiger partial charge on any atom is 0.131 e. The lowest BCUT2D eigenvalue weighted by atomic mass is 9.96. The van der Waals surface area contributed by atoms with Gasteiger partial charge in [-0.2, -0.15) is 0 Å². The van der Waals surface area contributed by atoms with E-state index < -0.39 is 6.10 Å². The SMILES string of the molecule is CC(C)C(Oc1ccc(F)cc1)C(O)c1ccccc1. The molecule has 0 heterocycles. The summed E-state index contributed by atoms with van der Waals surface area (Å²) in [4.78, 5) is 0. The van der Waals surface area contributed by atoms with Crippen LogP contribution in [0.4, 0.5) is 4.39 Å². The summed E-state index contributed by atoms with van der Waals surface area (Å²) >= 11 is 0. The lowest BCUT2D eigenvalue weighted by Gasteiger charge is -2.27. The average Bonchev–Trinajstić information content (AvgIpc) is 2.46. The number of hydrogen-bond acceptors (Lipinski definition) is 2. The molecule has 0 bridgehead atoms. The average molecular weight is 274 g/mol. The molecule has 2 unspecified atom stereocenters. The van der Waals surface area contributed by atoms with Crippen LogP contribution < -0.4 is 4.74 Å². The monoisotopic (exact) mass is 274 g/mol. The lowest BCUT2D eigenvalue weighted by Crippen LogP contribution is -2.30. The molecule has 0 aliphatic heterocycles. The molecule has 0 aromatic heterocycles. The fraction of sp³-hybridized carbons (Fsp3) is 0.294. The van der Waals surface area contributed by atoms with Crippen molar-refractivity contribution in [3.63, 3.8) is 0 Å². The highest BCUT2D eigenvalue weighted by atomic mass is 19.1. The van der Waals surface area contributed by atoms with E-state index >= 15 is 0 Å². The van der Waals surface area contributed by atoms with Gasteiger partial charge in [0.15, 0.2) is 0 Å². The second-order valence-corrected chi connectivity index (χ2v) is 5.14. The summed E-state index contributed by atoms with van der Waals surface area (Å²) in [5.41, 5.74) is 0.813. The minimum absolute atomic E-state index is 0.121. The molecule has 0 aliphatic rings. The smallest absolute Gasteiger partial charge is 0.131 e. The van der Waals surface area contributed by atoms with Crippen molar-refractivity contribution >= 4 is 0 Å². The van der Waals surface area contributed by atoms with E-state index in [-0.39, 0.29) is 17.8 Å². The van der Waals surface area contributed by atoms with Gasteiger partial charge >= 0.3 is 0 Å². The van der Waals surface area contributed by atoms with Gasteiger partial charge in [-0.1, -0.05) is 44.2 Å². The molecule has 20 heavy (non-hydrogen) atoms. The normalized spacial score (nSPS) is 14.1. The Morgan fingerprint density at radius 3 is 2.10 bits per heavy atom. The Morgan fingerprint density at radius 1 is 0.950 bits per heavy atom. The number of aliphatic hydroxyl groups is 1. The molecule has 2 aromatic carbocycles. The first kappa shape index (κ1) is 14.5. The lowest BCUT2D eigenvalue weighted by molar-refractivity contribution is 0.00785. The van der Waals surface area contributed by atoms with Crippen molar-refractivity contribution in [1.29, 1.82) is 0 Å². The topological polar surface area (TPSA) is 29.5 Å². The first-order chi connectivity index (χ1) is 9.58. The summed E-state index contributed by atoms with van der Waals surface area (Å²) in [6, 6.07) is 15.2. The summed E-state index contributed by atoms with van der Waals surface area (Å²) in [6.07, 6.45) is -1.11. The van der Waals surface area contributed by atoms with E-state index in [9.17, 15) is 9.50 Å². The van der Waals surface area contributed by atoms with Gasteiger partial charge in [0.2, 0.25) is 0 Å². The molecule has 0 amide bonds. The molecule has 2 rings (SSSR count). The van der Waals surface area contributed by atoms with Crippen molar-refractivity contribution in [2.45, 2.75) is 26.1 Å². The van der Waals surface area contributed by atoms with Gasteiger partial charge in [-0.3, -0.25) is 0 Å². The van der Waals surface area contributed by atoms with Crippen LogP contribution in [0.1, 0.15) is 25.5 Å². The molecule has 0 aliphatic carbocycles. The molecule has 0 spiro atoms. The van der Waals surface area contributed by atoms with Crippen LogP contribution in [-0.2, 0) is 0 Å². The van der Waals surface area contributed by atoms with Gasteiger partial charge < -0.3 is 9.84 Å². The van der Waals surface area contributed by atoms with Crippen molar-refractivity contribution in [3.05, 3.63) is 66.0 Å². The van der Waals surface area contributed by atoms with Gasteiger partial charge in [0, 0.05) is 0 Å². The number of hydrogen-bond donors (Lipinski definition) is 1. The van der Waals surface area contributed by atoms with Crippen LogP contribution in [0.2, 0.25) is 0 Å². The van der Waals surface area contributed by atoms with Gasteiger partial charge in [-0.25, -0.2) is 4.39 Å². The number of aliphatic hydroxyl groups excluding tert-OH is 1. The van der Waals surface area contributed by atoms with Crippen molar-refractivity contribution in [2.24, 2.45) is 5.92 Å². The van der Waals surface area contributed by atoms with Crippen molar-refractivity contribution < 1.29 is 14.2 Å². The van der Waals surface area contributed by atoms with Crippen LogP contribution in [0.15, 0.2) is 54.6 Å². The fourth-order valence-electron chi connectivity index (χ4n) is 2.08. The van der Waals surface area contributed by atoms with Gasteiger partial charge in [0.25, 0.3) is 0 Å². The van der Waals surface area contributed by atoms with E-state index in [2.05, 4.69) is 0 Å². The molecule has 3 heteroatoms. The van der Waals surface area contributed by atoms with Gasteiger partial charge in [-0.15, -0.1) is 0 Å². The van der Waals surface area contributed by atoms with Crippen LogP contribution in [-0.4, -0.2) is 11.2 Å². The zero-order chi connectivity index (χ0) is 14.5. The number of benzene rings is 2. The third kappa shape index (κ3) is 3.58. The Labute approximate surface area is 118 Å². The molecule has 2 atom stereocenters. The fourth-order valence-corrected chi connectivity index (χ4v) is 2.08. The molecule has 0 radical (unpaired) electrons. The second kappa shape index (κ2) is 6.53. The van der Waals surface area contributed by atoms with E-state index in [1.54, 1.807) is 12.1 Å². The summed E-state index contributed by atoms with van der Waals surface area (Å²) in [6.45, 7) is 3.97. The minimum Gasteiger partial charge on any atom is -0.487 e. The van der Waals surface area contributed by atoms with E-state index in [0.717, 1.165) is 5.56 Å². The van der Waals surface area contributed by atoms with Crippen LogP contribution in [0.3, 0.4) is 0 Å². The van der Waals surface area contributed by atoms with Crippen molar-refractivity contribution in [1.82, 2.24) is 0 Å². The van der Waals surface area contributed by atoms with Crippen molar-refractivity contribution in [3.8, 4) is 5.75 Å². The number of halogens is 1. The Hall–Kier alpha value is -1.87. The largest absolute Gasteiger partial charge is 0.487 e. The summed E-state index contributed by atoms with van der Waals surface area (Å²) in [7, 11) is 0. The van der Waals surface area contributed by atoms with Crippen LogP contribution >= 0.6 is 0 Å². The first-order valence-electron chi connectivity index (χ1n) is 6.73.